The molecule has 0 aromatic carbocycles. The molecule has 0 atom stereocenters. The fraction of sp³-hybridized carbons (Fsp3) is 0.667. The molecule has 3 nitrogen and oxygen atoms in total. The Hall–Kier alpha value is -1.09. The molecule has 0 unspecified atom stereocenters. The molecular weight excluding hydrogens is 224 g/mol. The minimum atomic E-state index is 0.0419. The summed E-state index contributed by atoms with van der Waals surface area (Å²) in [5.41, 5.74) is 10.5. The zero-order valence-electron chi connectivity index (χ0n) is 11.3. The summed E-state index contributed by atoms with van der Waals surface area (Å²) in [6.45, 7) is 2.52. The summed E-state index contributed by atoms with van der Waals surface area (Å²) in [5, 5.41) is 0. The molecule has 0 aliphatic heterocycles. The van der Waals surface area contributed by atoms with Crippen LogP contribution in [0.4, 0.5) is 0 Å². The van der Waals surface area contributed by atoms with Gasteiger partial charge in [0.05, 0.1) is 0 Å². The molecule has 0 radical (unpaired) electrons. The Morgan fingerprint density at radius 1 is 1.11 bits per heavy atom. The molecular formula is C15H24N2O. The van der Waals surface area contributed by atoms with Crippen LogP contribution < -0.4 is 11.3 Å². The van der Waals surface area contributed by atoms with Crippen molar-refractivity contribution in [3.05, 3.63) is 32.7 Å². The molecule has 18 heavy (non-hydrogen) atoms. The molecule has 3 heteroatoms. The number of hydrogen-bond donors (Lipinski definition) is 2. The number of nitrogens with two attached hydrogens (primary N) is 1. The van der Waals surface area contributed by atoms with Crippen LogP contribution >= 0.6 is 0 Å². The zero-order chi connectivity index (χ0) is 13.0. The van der Waals surface area contributed by atoms with Crippen molar-refractivity contribution in [3.63, 3.8) is 0 Å². The molecule has 100 valence electrons. The van der Waals surface area contributed by atoms with E-state index in [0.29, 0.717) is 6.54 Å². The minimum absolute atomic E-state index is 0.0419. The SMILES string of the molecule is CCCc1[nH]c(=O)c(CN)c2c1CCCCCC2. The Balaban J connectivity index is 2.54. The number of fused-ring (bicyclic) bond motifs is 1. The van der Waals surface area contributed by atoms with E-state index in [2.05, 4.69) is 11.9 Å². The number of pyridine rings is 1. The number of nitrogens with one attached hydrogen (secondary N) is 1. The van der Waals surface area contributed by atoms with Gasteiger partial charge < -0.3 is 10.7 Å². The maximum Gasteiger partial charge on any atom is 0.252 e. The third kappa shape index (κ3) is 2.66. The van der Waals surface area contributed by atoms with Gasteiger partial charge in [-0.2, -0.15) is 0 Å². The molecule has 1 aromatic heterocycles. The first-order valence-electron chi connectivity index (χ1n) is 7.23. The van der Waals surface area contributed by atoms with E-state index in [4.69, 9.17) is 5.73 Å². The van der Waals surface area contributed by atoms with E-state index in [0.717, 1.165) is 36.9 Å². The van der Waals surface area contributed by atoms with Gasteiger partial charge in [0, 0.05) is 17.8 Å². The highest BCUT2D eigenvalue weighted by Crippen LogP contribution is 2.24. The van der Waals surface area contributed by atoms with Crippen molar-refractivity contribution in [1.29, 1.82) is 0 Å². The molecule has 1 aliphatic rings. The average Bonchev–Trinajstić information content (AvgIpc) is 2.31. The molecule has 0 bridgehead atoms. The van der Waals surface area contributed by atoms with Crippen LogP contribution in [0.5, 0.6) is 0 Å². The Bertz CT molecular complexity index is 462. The summed E-state index contributed by atoms with van der Waals surface area (Å²) in [6, 6.07) is 0. The van der Waals surface area contributed by atoms with E-state index in [1.54, 1.807) is 0 Å². The standard InChI is InChI=1S/C15H24N2O/c1-2-7-14-12-9-6-4-3-5-8-11(12)13(10-16)15(18)17-14/h2-10,16H2,1H3,(H,17,18). The number of aromatic amines is 1. The monoisotopic (exact) mass is 248 g/mol. The number of aromatic nitrogens is 1. The average molecular weight is 248 g/mol. The van der Waals surface area contributed by atoms with Crippen molar-refractivity contribution in [2.24, 2.45) is 5.73 Å². The van der Waals surface area contributed by atoms with Crippen LogP contribution in [0.25, 0.3) is 0 Å². The molecule has 0 fully saturated rings. The van der Waals surface area contributed by atoms with Crippen LogP contribution in [0, 0.1) is 0 Å². The van der Waals surface area contributed by atoms with Gasteiger partial charge in [0.15, 0.2) is 0 Å². The lowest BCUT2D eigenvalue weighted by atomic mass is 9.88. The third-order valence-corrected chi connectivity index (χ3v) is 3.94. The van der Waals surface area contributed by atoms with Gasteiger partial charge in [-0.25, -0.2) is 0 Å². The van der Waals surface area contributed by atoms with Gasteiger partial charge in [-0.15, -0.1) is 0 Å². The minimum Gasteiger partial charge on any atom is -0.326 e. The molecule has 0 saturated heterocycles. The van der Waals surface area contributed by atoms with Crippen molar-refractivity contribution in [2.45, 2.75) is 64.8 Å². The molecule has 1 aliphatic carbocycles. The Labute approximate surface area is 109 Å². The number of hydrogen-bond acceptors (Lipinski definition) is 2. The molecule has 3 N–H and O–H groups in total. The van der Waals surface area contributed by atoms with Crippen LogP contribution in [-0.2, 0) is 25.8 Å². The lowest BCUT2D eigenvalue weighted by Crippen LogP contribution is -2.24. The van der Waals surface area contributed by atoms with Gasteiger partial charge >= 0.3 is 0 Å². The van der Waals surface area contributed by atoms with Gasteiger partial charge in [-0.1, -0.05) is 26.2 Å². The molecule has 1 aromatic rings. The summed E-state index contributed by atoms with van der Waals surface area (Å²) in [4.78, 5) is 15.1. The normalized spacial score (nSPS) is 15.9. The predicted molar refractivity (Wildman–Crippen MR) is 74.8 cm³/mol. The summed E-state index contributed by atoms with van der Waals surface area (Å²) < 4.78 is 0. The van der Waals surface area contributed by atoms with Crippen molar-refractivity contribution in [2.75, 3.05) is 0 Å². The maximum atomic E-state index is 12.1. The van der Waals surface area contributed by atoms with E-state index in [-0.39, 0.29) is 5.56 Å². The van der Waals surface area contributed by atoms with Crippen molar-refractivity contribution >= 4 is 0 Å². The number of rotatable bonds is 3. The second kappa shape index (κ2) is 6.19. The first-order chi connectivity index (χ1) is 8.77. The first-order valence-corrected chi connectivity index (χ1v) is 7.23. The molecule has 0 amide bonds. The van der Waals surface area contributed by atoms with E-state index >= 15 is 0 Å². The van der Waals surface area contributed by atoms with Crippen molar-refractivity contribution < 1.29 is 0 Å². The Kier molecular flexibility index (Phi) is 4.59. The molecule has 2 rings (SSSR count). The first kappa shape index (κ1) is 13.3. The molecule has 0 spiro atoms. The Morgan fingerprint density at radius 3 is 2.39 bits per heavy atom. The van der Waals surface area contributed by atoms with E-state index in [1.165, 1.54) is 36.8 Å². The second-order valence-electron chi connectivity index (χ2n) is 5.24. The number of aryl methyl sites for hydroxylation is 1. The van der Waals surface area contributed by atoms with Crippen LogP contribution in [0.1, 0.15) is 61.4 Å². The highest BCUT2D eigenvalue weighted by molar-refractivity contribution is 5.37. The van der Waals surface area contributed by atoms with Crippen molar-refractivity contribution in [1.82, 2.24) is 4.98 Å². The predicted octanol–water partition coefficient (Wildman–Crippen LogP) is 2.45. The number of H-pyrrole nitrogens is 1. The van der Waals surface area contributed by atoms with Crippen LogP contribution in [-0.4, -0.2) is 4.98 Å². The molecule has 0 saturated carbocycles. The van der Waals surface area contributed by atoms with Gasteiger partial charge in [0.2, 0.25) is 0 Å². The highest BCUT2D eigenvalue weighted by Gasteiger charge is 2.17. The highest BCUT2D eigenvalue weighted by atomic mass is 16.1. The van der Waals surface area contributed by atoms with Gasteiger partial charge in [0.25, 0.3) is 5.56 Å². The van der Waals surface area contributed by atoms with Crippen LogP contribution in [0.15, 0.2) is 4.79 Å². The smallest absolute Gasteiger partial charge is 0.252 e. The van der Waals surface area contributed by atoms with E-state index in [1.807, 2.05) is 0 Å². The Morgan fingerprint density at radius 2 is 1.78 bits per heavy atom. The summed E-state index contributed by atoms with van der Waals surface area (Å²) in [7, 11) is 0. The molecule has 1 heterocycles. The fourth-order valence-corrected chi connectivity index (χ4v) is 3.03. The van der Waals surface area contributed by atoms with Gasteiger partial charge in [0.1, 0.15) is 0 Å². The third-order valence-electron chi connectivity index (χ3n) is 3.94. The topological polar surface area (TPSA) is 58.9 Å². The largest absolute Gasteiger partial charge is 0.326 e. The van der Waals surface area contributed by atoms with Crippen LogP contribution in [0.3, 0.4) is 0 Å². The van der Waals surface area contributed by atoms with Crippen molar-refractivity contribution in [3.8, 4) is 0 Å². The lowest BCUT2D eigenvalue weighted by molar-refractivity contribution is 0.605. The van der Waals surface area contributed by atoms with E-state index < -0.39 is 0 Å². The fourth-order valence-electron chi connectivity index (χ4n) is 3.03. The zero-order valence-corrected chi connectivity index (χ0v) is 11.3. The lowest BCUT2D eigenvalue weighted by Gasteiger charge is -2.20. The summed E-state index contributed by atoms with van der Waals surface area (Å²) in [6.07, 6.45) is 9.19. The summed E-state index contributed by atoms with van der Waals surface area (Å²) >= 11 is 0. The van der Waals surface area contributed by atoms with Gasteiger partial charge in [-0.3, -0.25) is 4.79 Å². The maximum absolute atomic E-state index is 12.1. The van der Waals surface area contributed by atoms with E-state index in [9.17, 15) is 4.79 Å². The van der Waals surface area contributed by atoms with Gasteiger partial charge in [-0.05, 0) is 43.2 Å². The second-order valence-corrected chi connectivity index (χ2v) is 5.24. The summed E-state index contributed by atoms with van der Waals surface area (Å²) in [5.74, 6) is 0. The van der Waals surface area contributed by atoms with Crippen LogP contribution in [0.2, 0.25) is 0 Å². The quantitative estimate of drug-likeness (QED) is 0.863.